The van der Waals surface area contributed by atoms with Gasteiger partial charge in [0.2, 0.25) is 0 Å². The summed E-state index contributed by atoms with van der Waals surface area (Å²) in [6.07, 6.45) is 3.66. The first-order valence-electron chi connectivity index (χ1n) is 7.79. The molecular formula is C17H18Cl2N2O2S. The van der Waals surface area contributed by atoms with Gasteiger partial charge in [-0.1, -0.05) is 23.2 Å². The number of hydrogen-bond donors (Lipinski definition) is 1. The molecule has 2 aromatic rings. The molecule has 1 saturated heterocycles. The number of anilines is 2. The molecule has 0 aromatic heterocycles. The number of halogens is 2. The van der Waals surface area contributed by atoms with Crippen LogP contribution in [0.3, 0.4) is 0 Å². The van der Waals surface area contributed by atoms with Crippen molar-refractivity contribution >= 4 is 44.6 Å². The third kappa shape index (κ3) is 3.97. The van der Waals surface area contributed by atoms with Crippen LogP contribution in [-0.2, 0) is 10.0 Å². The van der Waals surface area contributed by atoms with Crippen LogP contribution in [-0.4, -0.2) is 21.5 Å². The monoisotopic (exact) mass is 384 g/mol. The molecule has 0 spiro atoms. The van der Waals surface area contributed by atoms with E-state index in [0.29, 0.717) is 10.7 Å². The second kappa shape index (κ2) is 7.21. The van der Waals surface area contributed by atoms with Gasteiger partial charge in [0.25, 0.3) is 10.0 Å². The van der Waals surface area contributed by atoms with Gasteiger partial charge in [0.05, 0.1) is 5.02 Å². The normalized spacial score (nSPS) is 15.3. The molecule has 1 aliphatic rings. The molecule has 0 bridgehead atoms. The summed E-state index contributed by atoms with van der Waals surface area (Å²) in [5.74, 6) is 0. The average Bonchev–Trinajstić information content (AvgIpc) is 2.58. The molecule has 1 fully saturated rings. The molecule has 7 heteroatoms. The van der Waals surface area contributed by atoms with E-state index in [1.807, 2.05) is 12.1 Å². The third-order valence-corrected chi connectivity index (χ3v) is 6.12. The summed E-state index contributed by atoms with van der Waals surface area (Å²) in [6.45, 7) is 2.09. The van der Waals surface area contributed by atoms with Crippen LogP contribution in [0, 0.1) is 0 Å². The second-order valence-electron chi connectivity index (χ2n) is 5.77. The van der Waals surface area contributed by atoms with Crippen LogP contribution in [0.2, 0.25) is 10.0 Å². The molecule has 3 rings (SSSR count). The Balaban J connectivity index is 1.78. The average molecular weight is 385 g/mol. The molecule has 0 saturated carbocycles. The second-order valence-corrected chi connectivity index (χ2v) is 8.27. The highest BCUT2D eigenvalue weighted by Gasteiger charge is 2.19. The fraction of sp³-hybridized carbons (Fsp3) is 0.294. The van der Waals surface area contributed by atoms with Gasteiger partial charge in [0.1, 0.15) is 4.90 Å². The van der Waals surface area contributed by atoms with Gasteiger partial charge in [-0.2, -0.15) is 0 Å². The molecule has 0 aliphatic carbocycles. The topological polar surface area (TPSA) is 49.4 Å². The van der Waals surface area contributed by atoms with E-state index >= 15 is 0 Å². The van der Waals surface area contributed by atoms with E-state index in [2.05, 4.69) is 9.62 Å². The zero-order chi connectivity index (χ0) is 17.2. The van der Waals surface area contributed by atoms with Gasteiger partial charge in [-0.15, -0.1) is 0 Å². The van der Waals surface area contributed by atoms with Crippen LogP contribution in [0.25, 0.3) is 0 Å². The van der Waals surface area contributed by atoms with E-state index in [-0.39, 0.29) is 9.92 Å². The maximum absolute atomic E-state index is 12.5. The van der Waals surface area contributed by atoms with Crippen molar-refractivity contribution in [2.75, 3.05) is 22.7 Å². The molecule has 4 nitrogen and oxygen atoms in total. The molecule has 0 unspecified atom stereocenters. The lowest BCUT2D eigenvalue weighted by molar-refractivity contribution is 0.578. The maximum atomic E-state index is 12.5. The largest absolute Gasteiger partial charge is 0.372 e. The van der Waals surface area contributed by atoms with Gasteiger partial charge in [-0.05, 0) is 61.7 Å². The van der Waals surface area contributed by atoms with Crippen LogP contribution in [0.1, 0.15) is 19.3 Å². The van der Waals surface area contributed by atoms with E-state index in [0.717, 1.165) is 18.8 Å². The molecule has 1 aliphatic heterocycles. The number of sulfonamides is 1. The minimum Gasteiger partial charge on any atom is -0.372 e. The lowest BCUT2D eigenvalue weighted by Gasteiger charge is -2.28. The van der Waals surface area contributed by atoms with Gasteiger partial charge in [0.15, 0.2) is 0 Å². The molecule has 1 N–H and O–H groups in total. The lowest BCUT2D eigenvalue weighted by atomic mass is 10.1. The van der Waals surface area contributed by atoms with Crippen molar-refractivity contribution < 1.29 is 8.42 Å². The van der Waals surface area contributed by atoms with Crippen molar-refractivity contribution in [3.63, 3.8) is 0 Å². The van der Waals surface area contributed by atoms with Crippen molar-refractivity contribution in [3.8, 4) is 0 Å². The summed E-state index contributed by atoms with van der Waals surface area (Å²) in [5.41, 5.74) is 1.60. The van der Waals surface area contributed by atoms with Crippen LogP contribution in [0.5, 0.6) is 0 Å². The molecule has 2 aromatic carbocycles. The van der Waals surface area contributed by atoms with Crippen LogP contribution >= 0.6 is 23.2 Å². The Morgan fingerprint density at radius 1 is 0.917 bits per heavy atom. The first-order chi connectivity index (χ1) is 11.5. The standard InChI is InChI=1S/C17H18Cl2N2O2S/c18-13-4-9-16(19)17(12-13)24(22,23)20-14-5-7-15(8-6-14)21-10-2-1-3-11-21/h4-9,12,20H,1-3,10-11H2. The minimum atomic E-state index is -3.78. The SMILES string of the molecule is O=S(=O)(Nc1ccc(N2CCCCC2)cc1)c1cc(Cl)ccc1Cl. The Morgan fingerprint density at radius 2 is 1.58 bits per heavy atom. The number of nitrogens with zero attached hydrogens (tertiary/aromatic N) is 1. The Morgan fingerprint density at radius 3 is 2.25 bits per heavy atom. The molecule has 24 heavy (non-hydrogen) atoms. The first kappa shape index (κ1) is 17.4. The quantitative estimate of drug-likeness (QED) is 0.824. The van der Waals surface area contributed by atoms with E-state index < -0.39 is 10.0 Å². The molecule has 0 radical (unpaired) electrons. The maximum Gasteiger partial charge on any atom is 0.263 e. The van der Waals surface area contributed by atoms with E-state index in [1.165, 1.54) is 31.4 Å². The van der Waals surface area contributed by atoms with Gasteiger partial charge < -0.3 is 4.90 Å². The first-order valence-corrected chi connectivity index (χ1v) is 10.0. The van der Waals surface area contributed by atoms with Gasteiger partial charge in [-0.3, -0.25) is 4.72 Å². The third-order valence-electron chi connectivity index (χ3n) is 4.02. The lowest BCUT2D eigenvalue weighted by Crippen LogP contribution is -2.29. The van der Waals surface area contributed by atoms with Crippen LogP contribution in [0.4, 0.5) is 11.4 Å². The van der Waals surface area contributed by atoms with Crippen molar-refractivity contribution in [1.82, 2.24) is 0 Å². The Labute approximate surface area is 152 Å². The zero-order valence-corrected chi connectivity index (χ0v) is 15.3. The van der Waals surface area contributed by atoms with Crippen LogP contribution < -0.4 is 9.62 Å². The van der Waals surface area contributed by atoms with Crippen LogP contribution in [0.15, 0.2) is 47.4 Å². The fourth-order valence-corrected chi connectivity index (χ4v) is 4.61. The van der Waals surface area contributed by atoms with Gasteiger partial charge >= 0.3 is 0 Å². The summed E-state index contributed by atoms with van der Waals surface area (Å²) < 4.78 is 27.5. The van der Waals surface area contributed by atoms with E-state index in [4.69, 9.17) is 23.2 Å². The summed E-state index contributed by atoms with van der Waals surface area (Å²) in [6, 6.07) is 11.8. The predicted octanol–water partition coefficient (Wildman–Crippen LogP) is 4.78. The number of benzene rings is 2. The smallest absolute Gasteiger partial charge is 0.263 e. The zero-order valence-electron chi connectivity index (χ0n) is 13.0. The summed E-state index contributed by atoms with van der Waals surface area (Å²) in [5, 5.41) is 0.456. The van der Waals surface area contributed by atoms with Crippen molar-refractivity contribution in [2.24, 2.45) is 0 Å². The van der Waals surface area contributed by atoms with E-state index in [9.17, 15) is 8.42 Å². The number of rotatable bonds is 4. The highest BCUT2D eigenvalue weighted by Crippen LogP contribution is 2.28. The molecule has 1 heterocycles. The fourth-order valence-electron chi connectivity index (χ4n) is 2.79. The number of nitrogens with one attached hydrogen (secondary N) is 1. The molecule has 0 amide bonds. The number of hydrogen-bond acceptors (Lipinski definition) is 3. The number of piperidine rings is 1. The summed E-state index contributed by atoms with van der Waals surface area (Å²) >= 11 is 11.9. The Hall–Kier alpha value is -1.43. The van der Waals surface area contributed by atoms with Crippen molar-refractivity contribution in [3.05, 3.63) is 52.5 Å². The Bertz CT molecular complexity index is 817. The van der Waals surface area contributed by atoms with E-state index in [1.54, 1.807) is 18.2 Å². The predicted molar refractivity (Wildman–Crippen MR) is 99.8 cm³/mol. The minimum absolute atomic E-state index is 0.0308. The Kier molecular flexibility index (Phi) is 5.23. The molecule has 128 valence electrons. The summed E-state index contributed by atoms with van der Waals surface area (Å²) in [4.78, 5) is 2.28. The summed E-state index contributed by atoms with van der Waals surface area (Å²) in [7, 11) is -3.78. The molecular weight excluding hydrogens is 367 g/mol. The van der Waals surface area contributed by atoms with Crippen molar-refractivity contribution in [1.29, 1.82) is 0 Å². The highest BCUT2D eigenvalue weighted by atomic mass is 35.5. The molecule has 0 atom stereocenters. The highest BCUT2D eigenvalue weighted by molar-refractivity contribution is 7.92. The van der Waals surface area contributed by atoms with Crippen molar-refractivity contribution in [2.45, 2.75) is 24.2 Å². The van der Waals surface area contributed by atoms with Gasteiger partial charge in [-0.25, -0.2) is 8.42 Å². The van der Waals surface area contributed by atoms with Gasteiger partial charge in [0, 0.05) is 29.5 Å².